The van der Waals surface area contributed by atoms with Gasteiger partial charge in [-0.1, -0.05) is 32.0 Å². The minimum Gasteiger partial charge on any atom is -0.490 e. The first-order valence-electron chi connectivity index (χ1n) is 10.4. The first-order valence-corrected chi connectivity index (χ1v) is 10.4. The third-order valence-electron chi connectivity index (χ3n) is 5.45. The van der Waals surface area contributed by atoms with E-state index in [1.165, 1.54) is 17.0 Å². The summed E-state index contributed by atoms with van der Waals surface area (Å²) >= 11 is 0. The number of likely N-dealkylation sites (tertiary alicyclic amines) is 1. The first kappa shape index (κ1) is 20.2. The molecule has 0 unspecified atom stereocenters. The second kappa shape index (κ2) is 9.62. The van der Waals surface area contributed by atoms with Crippen LogP contribution < -0.4 is 10.1 Å². The molecule has 1 saturated heterocycles. The standard InChI is InChI=1S/C22H33N5O/c1-5-20-19(21(6-2)26(4)25-20)16-24-22(23-3)27-14-12-18(13-15-27)28-17-10-8-7-9-11-17/h7-11,18H,5-6,12-16H2,1-4H3,(H,23,24). The number of aliphatic imine (C=N–C) groups is 1. The molecule has 28 heavy (non-hydrogen) atoms. The lowest BCUT2D eigenvalue weighted by molar-refractivity contribution is 0.129. The van der Waals surface area contributed by atoms with Gasteiger partial charge in [0.2, 0.25) is 0 Å². The number of nitrogens with one attached hydrogen (secondary N) is 1. The monoisotopic (exact) mass is 383 g/mol. The maximum atomic E-state index is 6.11. The van der Waals surface area contributed by atoms with Gasteiger partial charge in [-0.15, -0.1) is 0 Å². The molecular formula is C22H33N5O. The third kappa shape index (κ3) is 4.66. The molecule has 0 bridgehead atoms. The number of guanidine groups is 1. The molecule has 2 aromatic rings. The van der Waals surface area contributed by atoms with Crippen molar-refractivity contribution in [1.29, 1.82) is 0 Å². The van der Waals surface area contributed by atoms with Crippen molar-refractivity contribution < 1.29 is 4.74 Å². The Morgan fingerprint density at radius 1 is 1.18 bits per heavy atom. The van der Waals surface area contributed by atoms with E-state index in [0.717, 1.165) is 57.0 Å². The Morgan fingerprint density at radius 3 is 2.50 bits per heavy atom. The minimum absolute atomic E-state index is 0.272. The number of piperidine rings is 1. The number of rotatable bonds is 6. The Morgan fingerprint density at radius 2 is 1.89 bits per heavy atom. The van der Waals surface area contributed by atoms with E-state index in [2.05, 4.69) is 34.2 Å². The SMILES string of the molecule is CCc1nn(C)c(CC)c1CNC(=NC)N1CCC(Oc2ccccc2)CC1. The van der Waals surface area contributed by atoms with Gasteiger partial charge < -0.3 is 15.0 Å². The second-order valence-electron chi connectivity index (χ2n) is 7.22. The zero-order valence-corrected chi connectivity index (χ0v) is 17.6. The van der Waals surface area contributed by atoms with Gasteiger partial charge in [0.1, 0.15) is 11.9 Å². The average molecular weight is 384 g/mol. The highest BCUT2D eigenvalue weighted by Gasteiger charge is 2.23. The Kier molecular flexibility index (Phi) is 6.95. The molecule has 1 aliphatic rings. The summed E-state index contributed by atoms with van der Waals surface area (Å²) in [4.78, 5) is 6.85. The highest BCUT2D eigenvalue weighted by molar-refractivity contribution is 5.80. The Labute approximate surface area is 168 Å². The molecule has 1 aromatic heterocycles. The molecule has 1 aliphatic heterocycles. The molecule has 0 radical (unpaired) electrons. The molecule has 6 heteroatoms. The summed E-state index contributed by atoms with van der Waals surface area (Å²) < 4.78 is 8.13. The van der Waals surface area contributed by atoms with E-state index in [4.69, 9.17) is 4.74 Å². The Bertz CT molecular complexity index is 776. The van der Waals surface area contributed by atoms with Crippen LogP contribution in [0.25, 0.3) is 0 Å². The van der Waals surface area contributed by atoms with E-state index in [9.17, 15) is 0 Å². The zero-order valence-electron chi connectivity index (χ0n) is 17.6. The van der Waals surface area contributed by atoms with Crippen molar-refractivity contribution in [2.45, 2.75) is 52.2 Å². The molecule has 0 amide bonds. The van der Waals surface area contributed by atoms with Gasteiger partial charge in [0.05, 0.1) is 5.69 Å². The topological polar surface area (TPSA) is 54.7 Å². The summed E-state index contributed by atoms with van der Waals surface area (Å²) in [5.74, 6) is 1.92. The number of aromatic nitrogens is 2. The maximum Gasteiger partial charge on any atom is 0.193 e. The lowest BCUT2D eigenvalue weighted by Crippen LogP contribution is -2.47. The van der Waals surface area contributed by atoms with Crippen molar-refractivity contribution in [3.8, 4) is 5.75 Å². The molecule has 0 spiro atoms. The largest absolute Gasteiger partial charge is 0.490 e. The fourth-order valence-corrected chi connectivity index (χ4v) is 3.97. The highest BCUT2D eigenvalue weighted by atomic mass is 16.5. The lowest BCUT2D eigenvalue weighted by Gasteiger charge is -2.34. The van der Waals surface area contributed by atoms with Gasteiger partial charge in [0.15, 0.2) is 5.96 Å². The summed E-state index contributed by atoms with van der Waals surface area (Å²) in [7, 11) is 3.90. The van der Waals surface area contributed by atoms with E-state index < -0.39 is 0 Å². The van der Waals surface area contributed by atoms with Gasteiger partial charge in [0.25, 0.3) is 0 Å². The van der Waals surface area contributed by atoms with Crippen LogP contribution in [0.3, 0.4) is 0 Å². The third-order valence-corrected chi connectivity index (χ3v) is 5.45. The Hall–Kier alpha value is -2.50. The number of hydrogen-bond acceptors (Lipinski definition) is 3. The number of aryl methyl sites for hydroxylation is 2. The van der Waals surface area contributed by atoms with Crippen molar-refractivity contribution in [3.63, 3.8) is 0 Å². The van der Waals surface area contributed by atoms with Crippen LogP contribution in [0.4, 0.5) is 0 Å². The highest BCUT2D eigenvalue weighted by Crippen LogP contribution is 2.19. The van der Waals surface area contributed by atoms with Gasteiger partial charge >= 0.3 is 0 Å². The first-order chi connectivity index (χ1) is 13.7. The summed E-state index contributed by atoms with van der Waals surface area (Å²) in [6.07, 6.45) is 4.22. The van der Waals surface area contributed by atoms with Gasteiger partial charge in [-0.2, -0.15) is 5.10 Å². The van der Waals surface area contributed by atoms with Crippen molar-refractivity contribution >= 4 is 5.96 Å². The van der Waals surface area contributed by atoms with Crippen LogP contribution >= 0.6 is 0 Å². The van der Waals surface area contributed by atoms with Crippen LogP contribution in [-0.2, 0) is 26.4 Å². The van der Waals surface area contributed by atoms with E-state index >= 15 is 0 Å². The van der Waals surface area contributed by atoms with Gasteiger partial charge in [0, 0.05) is 57.8 Å². The van der Waals surface area contributed by atoms with Crippen LogP contribution in [-0.4, -0.2) is 46.9 Å². The molecule has 2 heterocycles. The number of para-hydroxylation sites is 1. The fraction of sp³-hybridized carbons (Fsp3) is 0.545. The minimum atomic E-state index is 0.272. The van der Waals surface area contributed by atoms with Crippen LogP contribution in [0.1, 0.15) is 43.6 Å². The summed E-state index contributed by atoms with van der Waals surface area (Å²) in [6, 6.07) is 10.1. The van der Waals surface area contributed by atoms with Gasteiger partial charge in [-0.3, -0.25) is 9.67 Å². The van der Waals surface area contributed by atoms with Gasteiger partial charge in [-0.25, -0.2) is 0 Å². The molecule has 3 rings (SSSR count). The predicted molar refractivity (Wildman–Crippen MR) is 114 cm³/mol. The normalized spacial score (nSPS) is 15.7. The molecule has 0 saturated carbocycles. The van der Waals surface area contributed by atoms with Crippen molar-refractivity contribution in [2.24, 2.45) is 12.0 Å². The van der Waals surface area contributed by atoms with Crippen molar-refractivity contribution in [1.82, 2.24) is 20.0 Å². The van der Waals surface area contributed by atoms with Crippen LogP contribution in [0.15, 0.2) is 35.3 Å². The molecule has 0 aliphatic carbocycles. The van der Waals surface area contributed by atoms with Crippen LogP contribution in [0, 0.1) is 0 Å². The molecule has 152 valence electrons. The Balaban J connectivity index is 1.56. The quantitative estimate of drug-likeness (QED) is 0.615. The predicted octanol–water partition coefficient (Wildman–Crippen LogP) is 3.16. The molecule has 0 atom stereocenters. The number of hydrogen-bond donors (Lipinski definition) is 1. The number of nitrogens with zero attached hydrogens (tertiary/aromatic N) is 4. The molecule has 1 N–H and O–H groups in total. The molecule has 6 nitrogen and oxygen atoms in total. The van der Waals surface area contributed by atoms with E-state index in [1.54, 1.807) is 0 Å². The second-order valence-corrected chi connectivity index (χ2v) is 7.22. The lowest BCUT2D eigenvalue weighted by atomic mass is 10.1. The molecular weight excluding hydrogens is 350 g/mol. The number of benzene rings is 1. The summed E-state index contributed by atoms with van der Waals surface area (Å²) in [6.45, 7) is 7.02. The summed E-state index contributed by atoms with van der Waals surface area (Å²) in [5.41, 5.74) is 3.79. The van der Waals surface area contributed by atoms with E-state index in [0.29, 0.717) is 0 Å². The van der Waals surface area contributed by atoms with Crippen molar-refractivity contribution in [2.75, 3.05) is 20.1 Å². The van der Waals surface area contributed by atoms with E-state index in [1.807, 2.05) is 49.1 Å². The average Bonchev–Trinajstić information content (AvgIpc) is 3.05. The van der Waals surface area contributed by atoms with Crippen LogP contribution in [0.2, 0.25) is 0 Å². The molecule has 1 aromatic carbocycles. The smallest absolute Gasteiger partial charge is 0.193 e. The summed E-state index contributed by atoms with van der Waals surface area (Å²) in [5, 5.41) is 8.24. The molecule has 1 fully saturated rings. The van der Waals surface area contributed by atoms with Gasteiger partial charge in [-0.05, 0) is 25.0 Å². The maximum absolute atomic E-state index is 6.11. The van der Waals surface area contributed by atoms with Crippen molar-refractivity contribution in [3.05, 3.63) is 47.3 Å². The fourth-order valence-electron chi connectivity index (χ4n) is 3.97. The zero-order chi connectivity index (χ0) is 19.9. The number of ether oxygens (including phenoxy) is 1. The van der Waals surface area contributed by atoms with Crippen LogP contribution in [0.5, 0.6) is 5.75 Å². The van der Waals surface area contributed by atoms with E-state index in [-0.39, 0.29) is 6.10 Å².